The van der Waals surface area contributed by atoms with Gasteiger partial charge in [0, 0.05) is 42.9 Å². The molecule has 1 unspecified atom stereocenters. The fourth-order valence-corrected chi connectivity index (χ4v) is 6.12. The molecule has 1 amide bonds. The maximum atomic E-state index is 13.7. The summed E-state index contributed by atoms with van der Waals surface area (Å²) in [6, 6.07) is 16.8. The molecule has 0 bridgehead atoms. The lowest BCUT2D eigenvalue weighted by Gasteiger charge is -2.29. The second-order valence-corrected chi connectivity index (χ2v) is 12.1. The van der Waals surface area contributed by atoms with Crippen LogP contribution in [-0.4, -0.2) is 57.2 Å². The fourth-order valence-electron chi connectivity index (χ4n) is 4.75. The van der Waals surface area contributed by atoms with Crippen molar-refractivity contribution in [3.8, 4) is 11.5 Å². The van der Waals surface area contributed by atoms with E-state index in [0.29, 0.717) is 49.8 Å². The summed E-state index contributed by atoms with van der Waals surface area (Å²) < 4.78 is 39.1. The first-order valence-corrected chi connectivity index (χ1v) is 15.4. The van der Waals surface area contributed by atoms with Crippen LogP contribution in [-0.2, 0) is 38.9 Å². The monoisotopic (exact) mass is 598 g/mol. The van der Waals surface area contributed by atoms with Gasteiger partial charge in [0.05, 0.1) is 11.5 Å². The van der Waals surface area contributed by atoms with Gasteiger partial charge in [-0.2, -0.15) is 0 Å². The predicted octanol–water partition coefficient (Wildman–Crippen LogP) is 4.97. The van der Waals surface area contributed by atoms with E-state index in [2.05, 4.69) is 4.72 Å². The van der Waals surface area contributed by atoms with Crippen molar-refractivity contribution in [2.75, 3.05) is 26.9 Å². The number of halogens is 1. The lowest BCUT2D eigenvalue weighted by molar-refractivity contribution is -0.128. The Morgan fingerprint density at radius 3 is 2.56 bits per heavy atom. The summed E-state index contributed by atoms with van der Waals surface area (Å²) in [5, 5.41) is 10.1. The molecule has 0 aliphatic heterocycles. The summed E-state index contributed by atoms with van der Waals surface area (Å²) in [5.74, 6) is 0.542. The van der Waals surface area contributed by atoms with Crippen molar-refractivity contribution in [3.63, 3.8) is 0 Å². The van der Waals surface area contributed by atoms with Gasteiger partial charge in [-0.3, -0.25) is 4.79 Å². The number of phenols is 1. The van der Waals surface area contributed by atoms with Crippen molar-refractivity contribution in [1.82, 2.24) is 9.62 Å². The fraction of sp³-hybridized carbons (Fsp3) is 0.323. The maximum Gasteiger partial charge on any atom is 0.247 e. The Kier molecular flexibility index (Phi) is 10.4. The van der Waals surface area contributed by atoms with Gasteiger partial charge in [-0.05, 0) is 84.5 Å². The van der Waals surface area contributed by atoms with E-state index in [0.717, 1.165) is 22.3 Å². The average molecular weight is 599 g/mol. The van der Waals surface area contributed by atoms with Crippen LogP contribution in [0.1, 0.15) is 35.6 Å². The topological polar surface area (TPSA) is 105 Å². The van der Waals surface area contributed by atoms with E-state index in [-0.39, 0.29) is 29.1 Å². The van der Waals surface area contributed by atoms with Gasteiger partial charge in [-0.1, -0.05) is 36.7 Å². The normalized spacial score (nSPS) is 14.8. The molecular formula is C31H35ClN2O6S. The van der Waals surface area contributed by atoms with E-state index in [1.54, 1.807) is 72.7 Å². The molecule has 0 aromatic heterocycles. The minimum absolute atomic E-state index is 0.145. The Labute approximate surface area is 246 Å². The first-order valence-electron chi connectivity index (χ1n) is 13.5. The summed E-state index contributed by atoms with van der Waals surface area (Å²) in [6.45, 7) is 3.27. The van der Waals surface area contributed by atoms with Crippen LogP contribution < -0.4 is 9.46 Å². The van der Waals surface area contributed by atoms with Crippen LogP contribution in [0.5, 0.6) is 11.5 Å². The van der Waals surface area contributed by atoms with Gasteiger partial charge < -0.3 is 19.5 Å². The van der Waals surface area contributed by atoms with Gasteiger partial charge in [-0.15, -0.1) is 0 Å². The summed E-state index contributed by atoms with van der Waals surface area (Å²) in [6.07, 6.45) is 5.00. The highest BCUT2D eigenvalue weighted by atomic mass is 35.5. The molecule has 4 rings (SSSR count). The van der Waals surface area contributed by atoms with Crippen molar-refractivity contribution in [2.24, 2.45) is 0 Å². The van der Waals surface area contributed by atoms with Crippen LogP contribution >= 0.6 is 11.6 Å². The van der Waals surface area contributed by atoms with Crippen LogP contribution in [0, 0.1) is 0 Å². The number of fused-ring (bicyclic) bond motifs is 1. The molecule has 10 heteroatoms. The van der Waals surface area contributed by atoms with Crippen LogP contribution in [0.3, 0.4) is 0 Å². The molecule has 0 saturated carbocycles. The van der Waals surface area contributed by atoms with E-state index in [4.69, 9.17) is 21.1 Å². The molecular weight excluding hydrogens is 564 g/mol. The van der Waals surface area contributed by atoms with Gasteiger partial charge in [-0.25, -0.2) is 13.1 Å². The zero-order valence-corrected chi connectivity index (χ0v) is 24.7. The Morgan fingerprint density at radius 1 is 1.07 bits per heavy atom. The summed E-state index contributed by atoms with van der Waals surface area (Å²) in [5.41, 5.74) is 3.43. The first kappa shape index (κ1) is 30.6. The van der Waals surface area contributed by atoms with E-state index < -0.39 is 10.0 Å². The predicted molar refractivity (Wildman–Crippen MR) is 160 cm³/mol. The van der Waals surface area contributed by atoms with Gasteiger partial charge in [0.2, 0.25) is 15.9 Å². The second kappa shape index (κ2) is 14.0. The summed E-state index contributed by atoms with van der Waals surface area (Å²) in [7, 11) is -2.01. The highest BCUT2D eigenvalue weighted by molar-refractivity contribution is 7.89. The van der Waals surface area contributed by atoms with Crippen LogP contribution in [0.4, 0.5) is 0 Å². The zero-order chi connectivity index (χ0) is 29.4. The lowest BCUT2D eigenvalue weighted by Crippen LogP contribution is -2.39. The minimum Gasteiger partial charge on any atom is -0.508 e. The Bertz CT molecular complexity index is 1490. The van der Waals surface area contributed by atoms with Crippen molar-refractivity contribution >= 4 is 33.6 Å². The molecule has 0 heterocycles. The molecule has 3 aromatic rings. The SMILES string of the molecule is CCCNS(=O)(=O)c1ccc2c(c1)CC(N(Cc1cc(Cl)ccc1OCCOC)C(=O)/C=C/c1ccc(O)cc1)C2. The molecule has 1 aliphatic rings. The quantitative estimate of drug-likeness (QED) is 0.213. The van der Waals surface area contributed by atoms with Crippen LogP contribution in [0.25, 0.3) is 6.08 Å². The summed E-state index contributed by atoms with van der Waals surface area (Å²) in [4.78, 5) is 15.7. The number of nitrogens with zero attached hydrogens (tertiary/aromatic N) is 1. The molecule has 1 atom stereocenters. The smallest absolute Gasteiger partial charge is 0.247 e. The zero-order valence-electron chi connectivity index (χ0n) is 23.2. The summed E-state index contributed by atoms with van der Waals surface area (Å²) >= 11 is 6.34. The van der Waals surface area contributed by atoms with Gasteiger partial charge in [0.1, 0.15) is 18.1 Å². The van der Waals surface area contributed by atoms with E-state index in [1.807, 2.05) is 13.0 Å². The molecule has 8 nitrogen and oxygen atoms in total. The molecule has 0 spiro atoms. The standard InChI is InChI=1S/C31H35ClN2O6S/c1-3-14-33-41(37,38)29-11-7-23-18-27(19-24(23)20-29)34(31(36)13-6-22-4-9-28(35)10-5-22)21-25-17-26(32)8-12-30(25)40-16-15-39-2/h4-13,17,20,27,33,35H,3,14-16,18-19,21H2,1-2H3/b13-6+. The number of amides is 1. The maximum absolute atomic E-state index is 13.7. The highest BCUT2D eigenvalue weighted by Crippen LogP contribution is 2.31. The molecule has 2 N–H and O–H groups in total. The largest absolute Gasteiger partial charge is 0.508 e. The van der Waals surface area contributed by atoms with E-state index in [1.165, 1.54) is 6.08 Å². The molecule has 0 fully saturated rings. The average Bonchev–Trinajstić information content (AvgIpc) is 3.38. The molecule has 41 heavy (non-hydrogen) atoms. The third-order valence-corrected chi connectivity index (χ3v) is 8.58. The van der Waals surface area contributed by atoms with Crippen molar-refractivity contribution in [1.29, 1.82) is 0 Å². The number of phenolic OH excluding ortho intramolecular Hbond substituents is 1. The minimum atomic E-state index is -3.61. The first-order chi connectivity index (χ1) is 19.7. The highest BCUT2D eigenvalue weighted by Gasteiger charge is 2.31. The van der Waals surface area contributed by atoms with Gasteiger partial charge in [0.15, 0.2) is 0 Å². The Balaban J connectivity index is 1.63. The molecule has 0 radical (unpaired) electrons. The number of benzene rings is 3. The third-order valence-electron chi connectivity index (χ3n) is 6.88. The van der Waals surface area contributed by atoms with Crippen molar-refractivity contribution < 1.29 is 27.8 Å². The van der Waals surface area contributed by atoms with Gasteiger partial charge >= 0.3 is 0 Å². The number of methoxy groups -OCH3 is 1. The second-order valence-electron chi connectivity index (χ2n) is 9.87. The number of hydrogen-bond donors (Lipinski definition) is 2. The number of sulfonamides is 1. The molecule has 218 valence electrons. The number of nitrogens with one attached hydrogen (secondary N) is 1. The lowest BCUT2D eigenvalue weighted by atomic mass is 10.1. The number of aromatic hydroxyl groups is 1. The third kappa shape index (κ3) is 8.10. The molecule has 0 saturated heterocycles. The van der Waals surface area contributed by atoms with Crippen molar-refractivity contribution in [2.45, 2.75) is 43.7 Å². The number of ether oxygens (including phenoxy) is 2. The molecule has 1 aliphatic carbocycles. The van der Waals surface area contributed by atoms with Crippen LogP contribution in [0.2, 0.25) is 5.02 Å². The van der Waals surface area contributed by atoms with E-state index >= 15 is 0 Å². The van der Waals surface area contributed by atoms with Crippen LogP contribution in [0.15, 0.2) is 71.6 Å². The number of carbonyl (C=O) groups excluding carboxylic acids is 1. The number of carbonyl (C=O) groups is 1. The number of rotatable bonds is 13. The van der Waals surface area contributed by atoms with Gasteiger partial charge in [0.25, 0.3) is 0 Å². The van der Waals surface area contributed by atoms with Crippen molar-refractivity contribution in [3.05, 3.63) is 94.0 Å². The Hall–Kier alpha value is -3.37. The number of hydrogen-bond acceptors (Lipinski definition) is 6. The molecule has 3 aromatic carbocycles. The van der Waals surface area contributed by atoms with E-state index in [9.17, 15) is 18.3 Å². The Morgan fingerprint density at radius 2 is 1.83 bits per heavy atom.